The predicted molar refractivity (Wildman–Crippen MR) is 66.8 cm³/mol. The Balaban J connectivity index is 1.99. The van der Waals surface area contributed by atoms with Crippen molar-refractivity contribution in [3.05, 3.63) is 29.8 Å². The molecule has 1 fully saturated rings. The molecule has 1 atom stereocenters. The van der Waals surface area contributed by atoms with E-state index < -0.39 is 5.95 Å². The van der Waals surface area contributed by atoms with Gasteiger partial charge in [0.2, 0.25) is 5.95 Å². The quantitative estimate of drug-likeness (QED) is 0.758. The van der Waals surface area contributed by atoms with Crippen LogP contribution in [0.15, 0.2) is 18.3 Å². The molecule has 0 aliphatic carbocycles. The fourth-order valence-electron chi connectivity index (χ4n) is 2.40. The molecular formula is C13H18FN3O. The molecule has 0 spiro atoms. The number of pyridine rings is 1. The van der Waals surface area contributed by atoms with Crippen LogP contribution >= 0.6 is 0 Å². The third-order valence-electron chi connectivity index (χ3n) is 3.36. The molecular weight excluding hydrogens is 233 g/mol. The lowest BCUT2D eigenvalue weighted by Crippen LogP contribution is -2.33. The van der Waals surface area contributed by atoms with Gasteiger partial charge in [-0.3, -0.25) is 4.79 Å². The van der Waals surface area contributed by atoms with Crippen molar-refractivity contribution in [1.82, 2.24) is 14.8 Å². The monoisotopic (exact) mass is 251 g/mol. The average molecular weight is 251 g/mol. The fourth-order valence-corrected chi connectivity index (χ4v) is 2.40. The van der Waals surface area contributed by atoms with Crippen molar-refractivity contribution in [3.63, 3.8) is 0 Å². The normalized spacial score (nSPS) is 20.1. The van der Waals surface area contributed by atoms with E-state index in [4.69, 9.17) is 0 Å². The van der Waals surface area contributed by atoms with E-state index in [-0.39, 0.29) is 11.5 Å². The first-order valence-electron chi connectivity index (χ1n) is 6.12. The molecule has 2 rings (SSSR count). The van der Waals surface area contributed by atoms with Gasteiger partial charge < -0.3 is 9.80 Å². The summed E-state index contributed by atoms with van der Waals surface area (Å²) >= 11 is 0. The largest absolute Gasteiger partial charge is 0.341 e. The molecule has 0 bridgehead atoms. The first-order chi connectivity index (χ1) is 8.58. The van der Waals surface area contributed by atoms with Crippen LogP contribution in [-0.2, 0) is 0 Å². The van der Waals surface area contributed by atoms with Gasteiger partial charge in [-0.15, -0.1) is 0 Å². The lowest BCUT2D eigenvalue weighted by molar-refractivity contribution is 0.0768. The molecule has 0 N–H and O–H groups in total. The maximum absolute atomic E-state index is 13.4. The highest BCUT2D eigenvalue weighted by molar-refractivity contribution is 5.93. The fraction of sp³-hybridized carbons (Fsp3) is 0.538. The van der Waals surface area contributed by atoms with Crippen LogP contribution in [0.5, 0.6) is 0 Å². The van der Waals surface area contributed by atoms with Crippen molar-refractivity contribution < 1.29 is 9.18 Å². The van der Waals surface area contributed by atoms with E-state index >= 15 is 0 Å². The second-order valence-electron chi connectivity index (χ2n) is 4.94. The number of halogens is 1. The number of amides is 1. The lowest BCUT2D eigenvalue weighted by atomic mass is 10.1. The minimum Gasteiger partial charge on any atom is -0.341 e. The number of nitrogens with zero attached hydrogens (tertiary/aromatic N) is 3. The van der Waals surface area contributed by atoms with Crippen LogP contribution in [0.2, 0.25) is 0 Å². The SMILES string of the molecule is CN1CCC(CN(C)C(=O)c2cccnc2F)C1. The number of likely N-dealkylation sites (tertiary alicyclic amines) is 1. The minimum absolute atomic E-state index is 0.0475. The van der Waals surface area contributed by atoms with Gasteiger partial charge in [-0.1, -0.05) is 0 Å². The molecule has 0 aromatic carbocycles. The molecule has 4 nitrogen and oxygen atoms in total. The van der Waals surface area contributed by atoms with E-state index in [1.165, 1.54) is 12.3 Å². The third-order valence-corrected chi connectivity index (χ3v) is 3.36. The van der Waals surface area contributed by atoms with E-state index in [1.807, 2.05) is 0 Å². The Labute approximate surface area is 106 Å². The van der Waals surface area contributed by atoms with Crippen LogP contribution in [0.1, 0.15) is 16.8 Å². The topological polar surface area (TPSA) is 36.4 Å². The maximum Gasteiger partial charge on any atom is 0.258 e. The summed E-state index contributed by atoms with van der Waals surface area (Å²) < 4.78 is 13.4. The summed E-state index contributed by atoms with van der Waals surface area (Å²) in [7, 11) is 3.79. The van der Waals surface area contributed by atoms with E-state index in [0.29, 0.717) is 12.5 Å². The van der Waals surface area contributed by atoms with E-state index in [0.717, 1.165) is 19.5 Å². The Morgan fingerprint density at radius 3 is 3.06 bits per heavy atom. The van der Waals surface area contributed by atoms with Crippen molar-refractivity contribution >= 4 is 5.91 Å². The van der Waals surface area contributed by atoms with Crippen LogP contribution in [0, 0.1) is 11.9 Å². The van der Waals surface area contributed by atoms with Gasteiger partial charge in [0.05, 0.1) is 5.56 Å². The molecule has 18 heavy (non-hydrogen) atoms. The van der Waals surface area contributed by atoms with Crippen LogP contribution in [-0.4, -0.2) is 54.4 Å². The van der Waals surface area contributed by atoms with Crippen molar-refractivity contribution in [2.45, 2.75) is 6.42 Å². The molecule has 1 aromatic rings. The van der Waals surface area contributed by atoms with Gasteiger partial charge in [-0.25, -0.2) is 4.98 Å². The first kappa shape index (κ1) is 13.0. The molecule has 98 valence electrons. The summed E-state index contributed by atoms with van der Waals surface area (Å²) in [6, 6.07) is 3.05. The summed E-state index contributed by atoms with van der Waals surface area (Å²) in [6.07, 6.45) is 2.43. The third kappa shape index (κ3) is 2.85. The Morgan fingerprint density at radius 2 is 2.44 bits per heavy atom. The summed E-state index contributed by atoms with van der Waals surface area (Å²) in [6.45, 7) is 2.72. The first-order valence-corrected chi connectivity index (χ1v) is 6.12. The highest BCUT2D eigenvalue weighted by Gasteiger charge is 2.24. The summed E-state index contributed by atoms with van der Waals surface area (Å²) in [5.41, 5.74) is 0.0475. The molecule has 0 radical (unpaired) electrons. The minimum atomic E-state index is -0.696. The zero-order valence-corrected chi connectivity index (χ0v) is 10.8. The molecule has 1 amide bonds. The van der Waals surface area contributed by atoms with Crippen LogP contribution in [0.3, 0.4) is 0 Å². The van der Waals surface area contributed by atoms with Gasteiger partial charge >= 0.3 is 0 Å². The molecule has 5 heteroatoms. The van der Waals surface area contributed by atoms with Gasteiger partial charge in [-0.05, 0) is 38.1 Å². The maximum atomic E-state index is 13.4. The zero-order chi connectivity index (χ0) is 13.1. The molecule has 2 heterocycles. The highest BCUT2D eigenvalue weighted by atomic mass is 19.1. The Kier molecular flexibility index (Phi) is 3.91. The number of carbonyl (C=O) groups is 1. The summed E-state index contributed by atoms with van der Waals surface area (Å²) in [4.78, 5) is 19.4. The average Bonchev–Trinajstić information content (AvgIpc) is 2.74. The van der Waals surface area contributed by atoms with Crippen LogP contribution < -0.4 is 0 Å². The lowest BCUT2D eigenvalue weighted by Gasteiger charge is -2.21. The van der Waals surface area contributed by atoms with Gasteiger partial charge in [-0.2, -0.15) is 4.39 Å². The number of hydrogen-bond acceptors (Lipinski definition) is 3. The van der Waals surface area contributed by atoms with Crippen molar-refractivity contribution in [1.29, 1.82) is 0 Å². The molecule has 1 aromatic heterocycles. The van der Waals surface area contributed by atoms with E-state index in [2.05, 4.69) is 16.9 Å². The zero-order valence-electron chi connectivity index (χ0n) is 10.8. The molecule has 0 saturated carbocycles. The summed E-state index contributed by atoms with van der Waals surface area (Å²) in [5.74, 6) is -0.517. The predicted octanol–water partition coefficient (Wildman–Crippen LogP) is 1.24. The van der Waals surface area contributed by atoms with Gasteiger partial charge in [0.25, 0.3) is 5.91 Å². The number of carbonyl (C=O) groups excluding carboxylic acids is 1. The Bertz CT molecular complexity index is 438. The van der Waals surface area contributed by atoms with Gasteiger partial charge in [0.15, 0.2) is 0 Å². The van der Waals surface area contributed by atoms with Crippen LogP contribution in [0.25, 0.3) is 0 Å². The number of aromatic nitrogens is 1. The smallest absolute Gasteiger partial charge is 0.258 e. The highest BCUT2D eigenvalue weighted by Crippen LogP contribution is 2.16. The van der Waals surface area contributed by atoms with Crippen molar-refractivity contribution in [2.75, 3.05) is 33.7 Å². The number of hydrogen-bond donors (Lipinski definition) is 0. The van der Waals surface area contributed by atoms with Crippen molar-refractivity contribution in [3.8, 4) is 0 Å². The summed E-state index contributed by atoms with van der Waals surface area (Å²) in [5, 5.41) is 0. The molecule has 1 aliphatic heterocycles. The Morgan fingerprint density at radius 1 is 1.67 bits per heavy atom. The standard InChI is InChI=1S/C13H18FN3O/c1-16-7-5-10(8-16)9-17(2)13(18)11-4-3-6-15-12(11)14/h3-4,6,10H,5,7-9H2,1-2H3. The Hall–Kier alpha value is -1.49. The number of rotatable bonds is 3. The van der Waals surface area contributed by atoms with E-state index in [9.17, 15) is 9.18 Å². The molecule has 1 unspecified atom stereocenters. The second-order valence-corrected chi connectivity index (χ2v) is 4.94. The van der Waals surface area contributed by atoms with Crippen molar-refractivity contribution in [2.24, 2.45) is 5.92 Å². The molecule has 1 saturated heterocycles. The van der Waals surface area contributed by atoms with E-state index in [1.54, 1.807) is 18.0 Å². The van der Waals surface area contributed by atoms with Crippen LogP contribution in [0.4, 0.5) is 4.39 Å². The van der Waals surface area contributed by atoms with Gasteiger partial charge in [0, 0.05) is 26.3 Å². The molecule has 1 aliphatic rings. The second kappa shape index (κ2) is 5.44. The van der Waals surface area contributed by atoms with Gasteiger partial charge in [0.1, 0.15) is 0 Å².